The summed E-state index contributed by atoms with van der Waals surface area (Å²) >= 11 is 1.52. The van der Waals surface area contributed by atoms with Gasteiger partial charge in [-0.2, -0.15) is 0 Å². The van der Waals surface area contributed by atoms with E-state index in [1.165, 1.54) is 17.4 Å². The van der Waals surface area contributed by atoms with Gasteiger partial charge in [0.25, 0.3) is 11.6 Å². The van der Waals surface area contributed by atoms with E-state index in [1.807, 2.05) is 17.5 Å². The fourth-order valence-electron chi connectivity index (χ4n) is 2.99. The van der Waals surface area contributed by atoms with Crippen molar-refractivity contribution in [1.29, 1.82) is 0 Å². The van der Waals surface area contributed by atoms with E-state index in [4.69, 9.17) is 4.52 Å². The predicted molar refractivity (Wildman–Crippen MR) is 108 cm³/mol. The largest absolute Gasteiger partial charge is 0.352 e. The zero-order chi connectivity index (χ0) is 19.5. The van der Waals surface area contributed by atoms with Crippen LogP contribution in [0.2, 0.25) is 0 Å². The Morgan fingerprint density at radius 1 is 1.25 bits per heavy atom. The van der Waals surface area contributed by atoms with Crippen molar-refractivity contribution in [3.8, 4) is 21.8 Å². The normalized spacial score (nSPS) is 11.1. The van der Waals surface area contributed by atoms with Gasteiger partial charge in [-0.25, -0.2) is 9.37 Å². The lowest BCUT2D eigenvalue weighted by atomic mass is 10.0. The van der Waals surface area contributed by atoms with Crippen LogP contribution in [0.25, 0.3) is 32.9 Å². The number of hydrogen-bond acceptors (Lipinski definition) is 5. The number of pyridine rings is 1. The van der Waals surface area contributed by atoms with Gasteiger partial charge in [0.2, 0.25) is 0 Å². The summed E-state index contributed by atoms with van der Waals surface area (Å²) in [6.45, 7) is 2.62. The number of rotatable bonds is 6. The smallest absolute Gasteiger partial charge is 0.259 e. The molecule has 0 aliphatic heterocycles. The number of unbranched alkanes of at least 4 members (excludes halogenated alkanes) is 1. The Bertz CT molecular complexity index is 1120. The van der Waals surface area contributed by atoms with Crippen molar-refractivity contribution < 1.29 is 13.7 Å². The third kappa shape index (κ3) is 3.41. The SMILES string of the molecule is CCCCNC(=O)c1cc(-c2cccs2)nc2onc(-c3ccccc3F)c12. The molecule has 1 amide bonds. The third-order valence-corrected chi connectivity index (χ3v) is 5.30. The number of amides is 1. The Hall–Kier alpha value is -3.06. The summed E-state index contributed by atoms with van der Waals surface area (Å²) in [6.07, 6.45) is 1.85. The van der Waals surface area contributed by atoms with Crippen molar-refractivity contribution in [2.75, 3.05) is 6.54 Å². The quantitative estimate of drug-likeness (QED) is 0.451. The van der Waals surface area contributed by atoms with Gasteiger partial charge in [0.1, 0.15) is 11.5 Å². The summed E-state index contributed by atoms with van der Waals surface area (Å²) < 4.78 is 19.8. The highest BCUT2D eigenvalue weighted by Crippen LogP contribution is 2.34. The van der Waals surface area contributed by atoms with Gasteiger partial charge < -0.3 is 9.84 Å². The Labute approximate surface area is 165 Å². The molecular weight excluding hydrogens is 377 g/mol. The summed E-state index contributed by atoms with van der Waals surface area (Å²) in [5, 5.41) is 9.31. The van der Waals surface area contributed by atoms with Gasteiger partial charge in [-0.15, -0.1) is 11.3 Å². The average molecular weight is 395 g/mol. The number of benzene rings is 1. The first-order chi connectivity index (χ1) is 13.7. The summed E-state index contributed by atoms with van der Waals surface area (Å²) in [5.74, 6) is -0.684. The molecule has 0 radical (unpaired) electrons. The molecule has 0 aliphatic carbocycles. The lowest BCUT2D eigenvalue weighted by Crippen LogP contribution is -2.24. The fraction of sp³-hybridized carbons (Fsp3) is 0.190. The topological polar surface area (TPSA) is 68.0 Å². The minimum absolute atomic E-state index is 0.213. The maximum Gasteiger partial charge on any atom is 0.259 e. The van der Waals surface area contributed by atoms with E-state index < -0.39 is 5.82 Å². The van der Waals surface area contributed by atoms with Gasteiger partial charge in [0.15, 0.2) is 0 Å². The van der Waals surface area contributed by atoms with E-state index in [-0.39, 0.29) is 22.9 Å². The summed E-state index contributed by atoms with van der Waals surface area (Å²) in [7, 11) is 0. The van der Waals surface area contributed by atoms with E-state index >= 15 is 0 Å². The number of carbonyl (C=O) groups is 1. The Kier molecular flexibility index (Phi) is 5.16. The molecule has 0 atom stereocenters. The summed E-state index contributed by atoms with van der Waals surface area (Å²) in [6, 6.07) is 11.8. The van der Waals surface area contributed by atoms with E-state index in [0.717, 1.165) is 17.7 Å². The lowest BCUT2D eigenvalue weighted by molar-refractivity contribution is 0.0954. The van der Waals surface area contributed by atoms with E-state index in [9.17, 15) is 9.18 Å². The predicted octanol–water partition coefficient (Wildman–Crippen LogP) is 5.29. The van der Waals surface area contributed by atoms with Gasteiger partial charge in [0, 0.05) is 12.1 Å². The monoisotopic (exact) mass is 395 g/mol. The summed E-state index contributed by atoms with van der Waals surface area (Å²) in [5.41, 5.74) is 1.77. The molecule has 0 saturated carbocycles. The second-order valence-corrected chi connectivity index (χ2v) is 7.28. The van der Waals surface area contributed by atoms with Crippen LogP contribution in [0.3, 0.4) is 0 Å². The molecule has 0 saturated heterocycles. The minimum atomic E-state index is -0.433. The number of fused-ring (bicyclic) bond motifs is 1. The van der Waals surface area contributed by atoms with Crippen molar-refractivity contribution >= 4 is 28.3 Å². The molecule has 1 aromatic carbocycles. The molecule has 0 unspecified atom stereocenters. The number of nitrogens with one attached hydrogen (secondary N) is 1. The van der Waals surface area contributed by atoms with Crippen LogP contribution >= 0.6 is 11.3 Å². The second kappa shape index (κ2) is 7.90. The standard InChI is InChI=1S/C21H18FN3O2S/c1-2-3-10-23-20(26)14-12-16(17-9-6-11-28-17)24-21-18(14)19(25-27-21)13-7-4-5-8-15(13)22/h4-9,11-12H,2-3,10H2,1H3,(H,23,26). The second-order valence-electron chi connectivity index (χ2n) is 6.33. The maximum absolute atomic E-state index is 14.4. The first-order valence-corrected chi connectivity index (χ1v) is 9.94. The maximum atomic E-state index is 14.4. The van der Waals surface area contributed by atoms with Crippen LogP contribution in [0.5, 0.6) is 0 Å². The van der Waals surface area contributed by atoms with Crippen molar-refractivity contribution in [3.05, 3.63) is 59.2 Å². The molecule has 1 N–H and O–H groups in total. The first-order valence-electron chi connectivity index (χ1n) is 9.06. The van der Waals surface area contributed by atoms with Gasteiger partial charge in [-0.05, 0) is 36.1 Å². The fourth-order valence-corrected chi connectivity index (χ4v) is 3.68. The third-order valence-electron chi connectivity index (χ3n) is 4.41. The van der Waals surface area contributed by atoms with Gasteiger partial charge in [-0.3, -0.25) is 4.79 Å². The van der Waals surface area contributed by atoms with Crippen LogP contribution in [0.15, 0.2) is 52.4 Å². The van der Waals surface area contributed by atoms with Crippen LogP contribution in [0, 0.1) is 5.82 Å². The molecular formula is C21H18FN3O2S. The molecule has 5 nitrogen and oxygen atoms in total. The molecule has 4 aromatic rings. The van der Waals surface area contributed by atoms with E-state index in [1.54, 1.807) is 24.3 Å². The first kappa shape index (κ1) is 18.3. The molecule has 4 rings (SSSR count). The highest BCUT2D eigenvalue weighted by Gasteiger charge is 2.23. The lowest BCUT2D eigenvalue weighted by Gasteiger charge is -2.08. The van der Waals surface area contributed by atoms with Crippen LogP contribution in [0.4, 0.5) is 4.39 Å². The molecule has 0 spiro atoms. The number of carbonyl (C=O) groups excluding carboxylic acids is 1. The average Bonchev–Trinajstić information content (AvgIpc) is 3.38. The van der Waals surface area contributed by atoms with Crippen LogP contribution in [0.1, 0.15) is 30.1 Å². The van der Waals surface area contributed by atoms with Crippen LogP contribution < -0.4 is 5.32 Å². The number of aromatic nitrogens is 2. The number of nitrogens with zero attached hydrogens (tertiary/aromatic N) is 2. The molecule has 0 fully saturated rings. The molecule has 7 heteroatoms. The minimum Gasteiger partial charge on any atom is -0.352 e. The van der Waals surface area contributed by atoms with Crippen LogP contribution in [-0.4, -0.2) is 22.6 Å². The Balaban J connectivity index is 1.90. The molecule has 142 valence electrons. The van der Waals surface area contributed by atoms with E-state index in [2.05, 4.69) is 22.4 Å². The van der Waals surface area contributed by atoms with E-state index in [0.29, 0.717) is 23.2 Å². The zero-order valence-electron chi connectivity index (χ0n) is 15.2. The van der Waals surface area contributed by atoms with Gasteiger partial charge >= 0.3 is 0 Å². The van der Waals surface area contributed by atoms with Crippen molar-refractivity contribution in [3.63, 3.8) is 0 Å². The Morgan fingerprint density at radius 3 is 2.86 bits per heavy atom. The van der Waals surface area contributed by atoms with Gasteiger partial charge in [-0.1, -0.05) is 36.7 Å². The molecule has 28 heavy (non-hydrogen) atoms. The zero-order valence-corrected chi connectivity index (χ0v) is 16.1. The molecule has 0 aliphatic rings. The van der Waals surface area contributed by atoms with Crippen molar-refractivity contribution in [2.24, 2.45) is 0 Å². The molecule has 0 bridgehead atoms. The van der Waals surface area contributed by atoms with Gasteiger partial charge in [0.05, 0.1) is 21.5 Å². The highest BCUT2D eigenvalue weighted by molar-refractivity contribution is 7.13. The Morgan fingerprint density at radius 2 is 2.11 bits per heavy atom. The molecule has 3 aromatic heterocycles. The number of halogens is 1. The van der Waals surface area contributed by atoms with Crippen molar-refractivity contribution in [2.45, 2.75) is 19.8 Å². The van der Waals surface area contributed by atoms with Crippen LogP contribution in [-0.2, 0) is 0 Å². The number of hydrogen-bond donors (Lipinski definition) is 1. The highest BCUT2D eigenvalue weighted by atomic mass is 32.1. The number of thiophene rings is 1. The van der Waals surface area contributed by atoms with Crippen molar-refractivity contribution in [1.82, 2.24) is 15.5 Å². The molecule has 3 heterocycles. The summed E-state index contributed by atoms with van der Waals surface area (Å²) in [4.78, 5) is 18.3.